The van der Waals surface area contributed by atoms with Gasteiger partial charge in [-0.1, -0.05) is 12.1 Å². The maximum atomic E-state index is 11.6. The van der Waals surface area contributed by atoms with Crippen molar-refractivity contribution in [2.24, 2.45) is 11.7 Å². The number of rotatable bonds is 5. The van der Waals surface area contributed by atoms with E-state index in [1.165, 1.54) is 7.11 Å². The van der Waals surface area contributed by atoms with Crippen molar-refractivity contribution >= 4 is 11.9 Å². The van der Waals surface area contributed by atoms with Crippen LogP contribution in [0.1, 0.15) is 23.2 Å². The lowest BCUT2D eigenvalue weighted by Gasteiger charge is -2.17. The predicted octanol–water partition coefficient (Wildman–Crippen LogP) is 1.12. The number of para-hydroxylation sites is 1. The Hall–Kier alpha value is -2.04. The summed E-state index contributed by atoms with van der Waals surface area (Å²) in [4.78, 5) is 22.9. The fourth-order valence-electron chi connectivity index (χ4n) is 1.76. The van der Waals surface area contributed by atoms with Crippen LogP contribution in [0.2, 0.25) is 0 Å². The number of methoxy groups -OCH3 is 1. The zero-order valence-corrected chi connectivity index (χ0v) is 10.1. The minimum Gasteiger partial charge on any atom is -0.478 e. The van der Waals surface area contributed by atoms with Gasteiger partial charge in [-0.3, -0.25) is 4.79 Å². The summed E-state index contributed by atoms with van der Waals surface area (Å²) in [5.41, 5.74) is 5.53. The minimum absolute atomic E-state index is 0.165. The lowest BCUT2D eigenvalue weighted by atomic mass is 10.1. The molecule has 1 aromatic carbocycles. The second-order valence-corrected chi connectivity index (χ2v) is 4.26. The van der Waals surface area contributed by atoms with Gasteiger partial charge < -0.3 is 15.2 Å². The molecule has 1 unspecified atom stereocenters. The van der Waals surface area contributed by atoms with Gasteiger partial charge in [0.2, 0.25) is 0 Å². The Morgan fingerprint density at radius 1 is 1.33 bits per heavy atom. The summed E-state index contributed by atoms with van der Waals surface area (Å²) in [6.07, 6.45) is 1.20. The van der Waals surface area contributed by atoms with Crippen molar-refractivity contribution in [1.82, 2.24) is 0 Å². The van der Waals surface area contributed by atoms with Gasteiger partial charge in [0.05, 0.1) is 12.7 Å². The van der Waals surface area contributed by atoms with Crippen molar-refractivity contribution in [2.45, 2.75) is 18.9 Å². The van der Waals surface area contributed by atoms with E-state index in [0.29, 0.717) is 5.75 Å². The van der Waals surface area contributed by atoms with Crippen LogP contribution in [0.25, 0.3) is 0 Å². The van der Waals surface area contributed by atoms with E-state index in [-0.39, 0.29) is 11.5 Å². The van der Waals surface area contributed by atoms with Crippen LogP contribution in [0.3, 0.4) is 0 Å². The predicted molar refractivity (Wildman–Crippen MR) is 64.1 cm³/mol. The number of primary amides is 1. The highest BCUT2D eigenvalue weighted by Crippen LogP contribution is 2.36. The molecule has 1 saturated carbocycles. The SMILES string of the molecule is COC(=O)C(Oc1ccccc1C(N)=O)C1CC1. The first-order chi connectivity index (χ1) is 8.63. The summed E-state index contributed by atoms with van der Waals surface area (Å²) < 4.78 is 10.3. The molecule has 1 aromatic rings. The Bertz CT molecular complexity index is 468. The van der Waals surface area contributed by atoms with Crippen LogP contribution in [-0.4, -0.2) is 25.1 Å². The van der Waals surface area contributed by atoms with E-state index in [0.717, 1.165) is 12.8 Å². The molecule has 1 fully saturated rings. The Morgan fingerprint density at radius 2 is 2.00 bits per heavy atom. The maximum Gasteiger partial charge on any atom is 0.347 e. The van der Waals surface area contributed by atoms with Gasteiger partial charge in [-0.25, -0.2) is 4.79 Å². The normalized spacial score (nSPS) is 15.8. The molecule has 1 atom stereocenters. The number of carbonyl (C=O) groups excluding carboxylic acids is 2. The van der Waals surface area contributed by atoms with E-state index in [1.807, 2.05) is 0 Å². The van der Waals surface area contributed by atoms with Gasteiger partial charge >= 0.3 is 5.97 Å². The van der Waals surface area contributed by atoms with Crippen molar-refractivity contribution in [3.63, 3.8) is 0 Å². The van der Waals surface area contributed by atoms with Crippen LogP contribution in [0.15, 0.2) is 24.3 Å². The zero-order chi connectivity index (χ0) is 13.1. The van der Waals surface area contributed by atoms with Crippen LogP contribution in [0, 0.1) is 5.92 Å². The first kappa shape index (κ1) is 12.4. The van der Waals surface area contributed by atoms with Crippen LogP contribution in [-0.2, 0) is 9.53 Å². The fraction of sp³-hybridized carbons (Fsp3) is 0.385. The van der Waals surface area contributed by atoms with E-state index < -0.39 is 18.0 Å². The summed E-state index contributed by atoms with van der Waals surface area (Å²) in [6, 6.07) is 6.61. The van der Waals surface area contributed by atoms with E-state index >= 15 is 0 Å². The standard InChI is InChI=1S/C13H15NO4/c1-17-13(16)11(8-6-7-8)18-10-5-3-2-4-9(10)12(14)15/h2-5,8,11H,6-7H2,1H3,(H2,14,15). The van der Waals surface area contributed by atoms with Crippen molar-refractivity contribution in [1.29, 1.82) is 0 Å². The summed E-state index contributed by atoms with van der Waals surface area (Å²) in [6.45, 7) is 0. The molecule has 2 N–H and O–H groups in total. The number of nitrogens with two attached hydrogens (primary N) is 1. The summed E-state index contributed by atoms with van der Waals surface area (Å²) in [5, 5.41) is 0. The molecule has 0 saturated heterocycles. The minimum atomic E-state index is -0.657. The van der Waals surface area contributed by atoms with Gasteiger partial charge in [0.1, 0.15) is 5.75 Å². The Labute approximate surface area is 105 Å². The molecule has 0 radical (unpaired) electrons. The average molecular weight is 249 g/mol. The maximum absolute atomic E-state index is 11.6. The highest BCUT2D eigenvalue weighted by molar-refractivity contribution is 5.95. The number of amides is 1. The number of hydrogen-bond donors (Lipinski definition) is 1. The third-order valence-electron chi connectivity index (χ3n) is 2.89. The molecule has 18 heavy (non-hydrogen) atoms. The zero-order valence-electron chi connectivity index (χ0n) is 10.1. The number of ether oxygens (including phenoxy) is 2. The molecule has 0 bridgehead atoms. The number of benzene rings is 1. The molecule has 1 aliphatic rings. The quantitative estimate of drug-likeness (QED) is 0.793. The average Bonchev–Trinajstić information content (AvgIpc) is 3.19. The molecule has 96 valence electrons. The van der Waals surface area contributed by atoms with E-state index in [9.17, 15) is 9.59 Å². The van der Waals surface area contributed by atoms with Crippen LogP contribution < -0.4 is 10.5 Å². The lowest BCUT2D eigenvalue weighted by molar-refractivity contribution is -0.149. The third kappa shape index (κ3) is 2.61. The van der Waals surface area contributed by atoms with E-state index in [1.54, 1.807) is 24.3 Å². The van der Waals surface area contributed by atoms with Crippen LogP contribution >= 0.6 is 0 Å². The molecule has 1 amide bonds. The molecule has 0 heterocycles. The van der Waals surface area contributed by atoms with Gasteiger partial charge in [-0.05, 0) is 25.0 Å². The van der Waals surface area contributed by atoms with Gasteiger partial charge in [0.25, 0.3) is 5.91 Å². The van der Waals surface area contributed by atoms with Crippen molar-refractivity contribution in [3.8, 4) is 5.75 Å². The molecule has 5 heteroatoms. The molecule has 5 nitrogen and oxygen atoms in total. The van der Waals surface area contributed by atoms with Gasteiger partial charge in [-0.2, -0.15) is 0 Å². The summed E-state index contributed by atoms with van der Waals surface area (Å²) >= 11 is 0. The molecule has 1 aliphatic carbocycles. The topological polar surface area (TPSA) is 78.6 Å². The summed E-state index contributed by atoms with van der Waals surface area (Å²) in [5.74, 6) is -0.507. The van der Waals surface area contributed by atoms with Crippen molar-refractivity contribution in [3.05, 3.63) is 29.8 Å². The van der Waals surface area contributed by atoms with E-state index in [2.05, 4.69) is 0 Å². The molecule has 0 spiro atoms. The number of esters is 1. The van der Waals surface area contributed by atoms with Crippen LogP contribution in [0.4, 0.5) is 0 Å². The smallest absolute Gasteiger partial charge is 0.347 e. The van der Waals surface area contributed by atoms with Crippen molar-refractivity contribution in [2.75, 3.05) is 7.11 Å². The Balaban J connectivity index is 2.21. The Morgan fingerprint density at radius 3 is 2.56 bits per heavy atom. The molecular formula is C13H15NO4. The van der Waals surface area contributed by atoms with Gasteiger partial charge in [0, 0.05) is 5.92 Å². The third-order valence-corrected chi connectivity index (χ3v) is 2.89. The fourth-order valence-corrected chi connectivity index (χ4v) is 1.76. The van der Waals surface area contributed by atoms with E-state index in [4.69, 9.17) is 15.2 Å². The largest absolute Gasteiger partial charge is 0.478 e. The van der Waals surface area contributed by atoms with Crippen LogP contribution in [0.5, 0.6) is 5.75 Å². The molecule has 0 aliphatic heterocycles. The second-order valence-electron chi connectivity index (χ2n) is 4.26. The molecule has 0 aromatic heterocycles. The Kier molecular flexibility index (Phi) is 3.50. The molecule has 2 rings (SSSR count). The number of carbonyl (C=O) groups is 2. The first-order valence-corrected chi connectivity index (χ1v) is 5.76. The highest BCUT2D eigenvalue weighted by atomic mass is 16.6. The second kappa shape index (κ2) is 5.08. The number of hydrogen-bond acceptors (Lipinski definition) is 4. The monoisotopic (exact) mass is 249 g/mol. The lowest BCUT2D eigenvalue weighted by Crippen LogP contribution is -2.31. The molecular weight excluding hydrogens is 234 g/mol. The first-order valence-electron chi connectivity index (χ1n) is 5.76. The summed E-state index contributed by atoms with van der Waals surface area (Å²) in [7, 11) is 1.32. The van der Waals surface area contributed by atoms with Gasteiger partial charge in [-0.15, -0.1) is 0 Å². The highest BCUT2D eigenvalue weighted by Gasteiger charge is 2.39. The van der Waals surface area contributed by atoms with Gasteiger partial charge in [0.15, 0.2) is 6.10 Å². The van der Waals surface area contributed by atoms with Crippen molar-refractivity contribution < 1.29 is 19.1 Å².